The molecule has 0 aliphatic heterocycles. The van der Waals surface area contributed by atoms with Crippen LogP contribution in [0.5, 0.6) is 0 Å². The number of nitrogens with zero attached hydrogens (tertiary/aromatic N) is 3. The van der Waals surface area contributed by atoms with E-state index in [1.54, 1.807) is 0 Å². The molecule has 0 radical (unpaired) electrons. The fourth-order valence-electron chi connectivity index (χ4n) is 2.74. The normalized spacial score (nSPS) is 12.5. The number of anilines is 3. The molecule has 1 atom stereocenters. The zero-order valence-corrected chi connectivity index (χ0v) is 16.1. The van der Waals surface area contributed by atoms with E-state index in [1.807, 2.05) is 39.8 Å². The van der Waals surface area contributed by atoms with Gasteiger partial charge in [-0.25, -0.2) is 4.98 Å². The third-order valence-corrected chi connectivity index (χ3v) is 4.10. The van der Waals surface area contributed by atoms with E-state index >= 15 is 0 Å². The van der Waals surface area contributed by atoms with E-state index in [0.717, 1.165) is 30.5 Å². The first-order chi connectivity index (χ1) is 12.2. The van der Waals surface area contributed by atoms with Gasteiger partial charge in [-0.2, -0.15) is 10.4 Å². The second kappa shape index (κ2) is 8.19. The van der Waals surface area contributed by atoms with Crippen molar-refractivity contribution in [2.75, 3.05) is 10.6 Å². The summed E-state index contributed by atoms with van der Waals surface area (Å²) in [5, 5.41) is 32.8. The van der Waals surface area contributed by atoms with Crippen molar-refractivity contribution in [3.63, 3.8) is 0 Å². The molecule has 26 heavy (non-hydrogen) atoms. The summed E-state index contributed by atoms with van der Waals surface area (Å²) in [6.45, 7) is 9.51. The molecular weight excluding hydrogens is 328 g/mol. The Morgan fingerprint density at radius 3 is 2.62 bits per heavy atom. The molecule has 2 aromatic heterocycles. The minimum atomic E-state index is -0.655. The van der Waals surface area contributed by atoms with Crippen LogP contribution in [0, 0.1) is 25.2 Å². The molecule has 0 aliphatic rings. The SMILES string of the molecule is Cc1cc(Nc2cc(C)c(C#N)c(N[C@@H](C)CCCC(C)(C)O)n2)n[nH]1. The monoisotopic (exact) mass is 356 g/mol. The Hall–Kier alpha value is -2.59. The second-order valence-corrected chi connectivity index (χ2v) is 7.47. The molecule has 0 amide bonds. The molecule has 2 aromatic rings. The van der Waals surface area contributed by atoms with Crippen molar-refractivity contribution < 1.29 is 5.11 Å². The number of nitriles is 1. The molecular formula is C19H28N6O. The Morgan fingerprint density at radius 2 is 2.04 bits per heavy atom. The van der Waals surface area contributed by atoms with E-state index < -0.39 is 5.60 Å². The highest BCUT2D eigenvalue weighted by atomic mass is 16.3. The molecule has 2 heterocycles. The maximum Gasteiger partial charge on any atom is 0.153 e. The highest BCUT2D eigenvalue weighted by Gasteiger charge is 2.15. The Kier molecular flexibility index (Phi) is 6.22. The highest BCUT2D eigenvalue weighted by Crippen LogP contribution is 2.24. The molecule has 7 nitrogen and oxygen atoms in total. The third-order valence-electron chi connectivity index (χ3n) is 4.10. The number of aromatic nitrogens is 3. The Balaban J connectivity index is 2.11. The molecule has 0 saturated heterocycles. The van der Waals surface area contributed by atoms with Gasteiger partial charge in [-0.05, 0) is 65.5 Å². The molecule has 0 fully saturated rings. The lowest BCUT2D eigenvalue weighted by atomic mass is 9.99. The molecule has 2 rings (SSSR count). The number of aliphatic hydroxyl groups is 1. The zero-order chi connectivity index (χ0) is 19.3. The molecule has 0 unspecified atom stereocenters. The van der Waals surface area contributed by atoms with Gasteiger partial charge in [0, 0.05) is 17.8 Å². The number of pyridine rings is 1. The summed E-state index contributed by atoms with van der Waals surface area (Å²) >= 11 is 0. The van der Waals surface area contributed by atoms with Gasteiger partial charge in [0.1, 0.15) is 17.7 Å². The van der Waals surface area contributed by atoms with Gasteiger partial charge in [0.05, 0.1) is 11.2 Å². The summed E-state index contributed by atoms with van der Waals surface area (Å²) in [5.41, 5.74) is 1.70. The van der Waals surface area contributed by atoms with Crippen molar-refractivity contribution in [1.82, 2.24) is 15.2 Å². The highest BCUT2D eigenvalue weighted by molar-refractivity contribution is 5.63. The quantitative estimate of drug-likeness (QED) is 0.573. The van der Waals surface area contributed by atoms with Gasteiger partial charge in [0.15, 0.2) is 5.82 Å². The van der Waals surface area contributed by atoms with Crippen LogP contribution < -0.4 is 10.6 Å². The summed E-state index contributed by atoms with van der Waals surface area (Å²) in [5.74, 6) is 1.89. The van der Waals surface area contributed by atoms with E-state index in [4.69, 9.17) is 0 Å². The first-order valence-electron chi connectivity index (χ1n) is 8.87. The van der Waals surface area contributed by atoms with Crippen LogP contribution in [0.15, 0.2) is 12.1 Å². The fourth-order valence-corrected chi connectivity index (χ4v) is 2.74. The van der Waals surface area contributed by atoms with Crippen LogP contribution in [0.2, 0.25) is 0 Å². The van der Waals surface area contributed by atoms with Crippen LogP contribution >= 0.6 is 0 Å². The van der Waals surface area contributed by atoms with Gasteiger partial charge in [0.25, 0.3) is 0 Å². The Bertz CT molecular complexity index is 784. The maximum atomic E-state index is 9.82. The lowest BCUT2D eigenvalue weighted by Gasteiger charge is -2.20. The molecule has 0 aromatic carbocycles. The Labute approximate surface area is 154 Å². The average molecular weight is 356 g/mol. The van der Waals surface area contributed by atoms with E-state index in [-0.39, 0.29) is 6.04 Å². The topological polar surface area (TPSA) is 110 Å². The number of hydrogen-bond donors (Lipinski definition) is 4. The van der Waals surface area contributed by atoms with E-state index in [2.05, 4.69) is 38.8 Å². The summed E-state index contributed by atoms with van der Waals surface area (Å²) in [6, 6.07) is 6.10. The lowest BCUT2D eigenvalue weighted by molar-refractivity contribution is 0.0680. The number of aromatic amines is 1. The molecule has 0 spiro atoms. The molecule has 7 heteroatoms. The van der Waals surface area contributed by atoms with E-state index in [1.165, 1.54) is 0 Å². The van der Waals surface area contributed by atoms with Crippen LogP contribution in [-0.4, -0.2) is 31.9 Å². The number of rotatable bonds is 8. The standard InChI is InChI=1S/C19H28N6O/c1-12-9-16(22-17-10-14(3)24-25-17)23-18(15(12)11-20)21-13(2)7-6-8-19(4,5)26/h9-10,13,26H,6-8H2,1-5H3,(H3,21,22,23,24,25)/t13-/m0/s1. The predicted octanol–water partition coefficient (Wildman–Crippen LogP) is 3.78. The largest absolute Gasteiger partial charge is 0.390 e. The van der Waals surface area contributed by atoms with Crippen molar-refractivity contribution in [2.24, 2.45) is 0 Å². The lowest BCUT2D eigenvalue weighted by Crippen LogP contribution is -2.21. The molecule has 4 N–H and O–H groups in total. The first kappa shape index (κ1) is 19.7. The summed E-state index contributed by atoms with van der Waals surface area (Å²) in [6.07, 6.45) is 2.51. The van der Waals surface area contributed by atoms with Crippen molar-refractivity contribution >= 4 is 17.5 Å². The molecule has 0 aliphatic carbocycles. The van der Waals surface area contributed by atoms with E-state index in [0.29, 0.717) is 23.0 Å². The number of aryl methyl sites for hydroxylation is 2. The smallest absolute Gasteiger partial charge is 0.153 e. The van der Waals surface area contributed by atoms with Gasteiger partial charge in [0.2, 0.25) is 0 Å². The van der Waals surface area contributed by atoms with Crippen LogP contribution in [0.25, 0.3) is 0 Å². The van der Waals surface area contributed by atoms with Crippen molar-refractivity contribution in [3.05, 3.63) is 29.0 Å². The first-order valence-corrected chi connectivity index (χ1v) is 8.87. The number of H-pyrrole nitrogens is 1. The van der Waals surface area contributed by atoms with Gasteiger partial charge < -0.3 is 15.7 Å². The summed E-state index contributed by atoms with van der Waals surface area (Å²) in [7, 11) is 0. The molecule has 140 valence electrons. The average Bonchev–Trinajstić information content (AvgIpc) is 2.90. The fraction of sp³-hybridized carbons (Fsp3) is 0.526. The number of hydrogen-bond acceptors (Lipinski definition) is 6. The van der Waals surface area contributed by atoms with Crippen LogP contribution in [0.4, 0.5) is 17.5 Å². The summed E-state index contributed by atoms with van der Waals surface area (Å²) < 4.78 is 0. The molecule has 0 bridgehead atoms. The van der Waals surface area contributed by atoms with Crippen LogP contribution in [0.1, 0.15) is 56.9 Å². The summed E-state index contributed by atoms with van der Waals surface area (Å²) in [4.78, 5) is 4.56. The predicted molar refractivity (Wildman–Crippen MR) is 104 cm³/mol. The van der Waals surface area contributed by atoms with Gasteiger partial charge in [-0.1, -0.05) is 0 Å². The van der Waals surface area contributed by atoms with Crippen molar-refractivity contribution in [1.29, 1.82) is 5.26 Å². The second-order valence-electron chi connectivity index (χ2n) is 7.47. The zero-order valence-electron chi connectivity index (χ0n) is 16.1. The molecule has 0 saturated carbocycles. The number of nitrogens with one attached hydrogen (secondary N) is 3. The van der Waals surface area contributed by atoms with Crippen LogP contribution in [-0.2, 0) is 0 Å². The van der Waals surface area contributed by atoms with Gasteiger partial charge in [-0.15, -0.1) is 0 Å². The van der Waals surface area contributed by atoms with Crippen LogP contribution in [0.3, 0.4) is 0 Å². The minimum Gasteiger partial charge on any atom is -0.390 e. The van der Waals surface area contributed by atoms with Crippen molar-refractivity contribution in [3.8, 4) is 6.07 Å². The maximum absolute atomic E-state index is 9.82. The third kappa shape index (κ3) is 5.74. The minimum absolute atomic E-state index is 0.138. The van der Waals surface area contributed by atoms with Gasteiger partial charge >= 0.3 is 0 Å². The van der Waals surface area contributed by atoms with E-state index in [9.17, 15) is 10.4 Å². The Morgan fingerprint density at radius 1 is 1.31 bits per heavy atom. The van der Waals surface area contributed by atoms with Crippen molar-refractivity contribution in [2.45, 2.75) is 65.5 Å². The van der Waals surface area contributed by atoms with Gasteiger partial charge in [-0.3, -0.25) is 5.10 Å².